The Kier molecular flexibility index (Phi) is 13.2. The summed E-state index contributed by atoms with van der Waals surface area (Å²) in [5.74, 6) is -0.379. The van der Waals surface area contributed by atoms with Crippen molar-refractivity contribution < 1.29 is 34.7 Å². The topological polar surface area (TPSA) is 157 Å². The SMILES string of the molecule is Cc1ccc(S(=O)(=O)O)cc1.Cc1ccc(S(=O)(=O)O)cc1.N#Cc1ccc(CSC2NC(C3=CCNCC3)=CC=C2F)c(F)c1. The first-order valence-corrected chi connectivity index (χ1v) is 17.7. The van der Waals surface area contributed by atoms with Crippen molar-refractivity contribution in [2.75, 3.05) is 13.1 Å². The summed E-state index contributed by atoms with van der Waals surface area (Å²) in [4.78, 5) is -0.133. The van der Waals surface area contributed by atoms with Crippen LogP contribution >= 0.6 is 11.8 Å². The molecule has 0 aliphatic carbocycles. The molecule has 3 aromatic carbocycles. The molecule has 3 aromatic rings. The van der Waals surface area contributed by atoms with Gasteiger partial charge in [0.15, 0.2) is 0 Å². The van der Waals surface area contributed by atoms with Crippen LogP contribution in [0.5, 0.6) is 0 Å². The van der Waals surface area contributed by atoms with E-state index in [1.807, 2.05) is 19.9 Å². The minimum atomic E-state index is -4.02. The zero-order valence-corrected chi connectivity index (χ0v) is 27.4. The van der Waals surface area contributed by atoms with Gasteiger partial charge in [0.05, 0.1) is 21.4 Å². The van der Waals surface area contributed by atoms with Crippen LogP contribution in [-0.2, 0) is 26.0 Å². The van der Waals surface area contributed by atoms with Crippen molar-refractivity contribution in [3.8, 4) is 6.07 Å². The molecule has 2 aliphatic rings. The van der Waals surface area contributed by atoms with Crippen molar-refractivity contribution in [2.45, 2.75) is 41.2 Å². The van der Waals surface area contributed by atoms with Gasteiger partial charge in [0.2, 0.25) is 0 Å². The van der Waals surface area contributed by atoms with E-state index in [4.69, 9.17) is 14.4 Å². The van der Waals surface area contributed by atoms with Crippen LogP contribution in [0.4, 0.5) is 8.78 Å². The smallest absolute Gasteiger partial charge is 0.294 e. The maximum atomic E-state index is 14.1. The van der Waals surface area contributed by atoms with E-state index < -0.39 is 31.4 Å². The molecule has 0 amide bonds. The molecule has 0 fully saturated rings. The predicted molar refractivity (Wildman–Crippen MR) is 174 cm³/mol. The highest BCUT2D eigenvalue weighted by Crippen LogP contribution is 2.29. The third-order valence-electron chi connectivity index (χ3n) is 6.58. The van der Waals surface area contributed by atoms with Gasteiger partial charge in [-0.25, -0.2) is 8.78 Å². The number of nitrogens with zero attached hydrogens (tertiary/aromatic N) is 1. The average molecular weight is 690 g/mol. The van der Waals surface area contributed by atoms with Crippen molar-refractivity contribution in [3.63, 3.8) is 0 Å². The van der Waals surface area contributed by atoms with Crippen molar-refractivity contribution >= 4 is 32.0 Å². The van der Waals surface area contributed by atoms with Crippen molar-refractivity contribution in [2.24, 2.45) is 0 Å². The summed E-state index contributed by atoms with van der Waals surface area (Å²) < 4.78 is 87.1. The number of benzene rings is 3. The summed E-state index contributed by atoms with van der Waals surface area (Å²) in [5, 5.41) is 14.7. The second kappa shape index (κ2) is 16.6. The monoisotopic (exact) mass is 689 g/mol. The summed E-state index contributed by atoms with van der Waals surface area (Å²) in [6.45, 7) is 5.40. The number of nitrogens with one attached hydrogen (secondary N) is 2. The Morgan fingerprint density at radius 1 is 0.891 bits per heavy atom. The Labute approximate surface area is 272 Å². The second-order valence-corrected chi connectivity index (χ2v) is 14.1. The van der Waals surface area contributed by atoms with Crippen LogP contribution in [0, 0.1) is 31.0 Å². The average Bonchev–Trinajstić information content (AvgIpc) is 3.02. The number of rotatable bonds is 6. The molecule has 244 valence electrons. The lowest BCUT2D eigenvalue weighted by Crippen LogP contribution is -2.32. The van der Waals surface area contributed by atoms with Crippen LogP contribution in [-0.4, -0.2) is 44.4 Å². The Morgan fingerprint density at radius 3 is 1.91 bits per heavy atom. The maximum Gasteiger partial charge on any atom is 0.294 e. The van der Waals surface area contributed by atoms with Crippen molar-refractivity contribution in [3.05, 3.63) is 130 Å². The second-order valence-electron chi connectivity index (χ2n) is 10.1. The number of nitriles is 1. The minimum Gasteiger partial charge on any atom is -0.367 e. The van der Waals surface area contributed by atoms with E-state index in [9.17, 15) is 25.6 Å². The van der Waals surface area contributed by atoms with Crippen LogP contribution in [0.1, 0.15) is 28.7 Å². The van der Waals surface area contributed by atoms with Gasteiger partial charge in [0.1, 0.15) is 17.0 Å². The number of hydrogen-bond donors (Lipinski definition) is 4. The molecule has 2 heterocycles. The fraction of sp³-hybridized carbons (Fsp3) is 0.219. The first kappa shape index (κ1) is 36.6. The van der Waals surface area contributed by atoms with Gasteiger partial charge >= 0.3 is 0 Å². The van der Waals surface area contributed by atoms with Gasteiger partial charge in [-0.3, -0.25) is 9.11 Å². The Balaban J connectivity index is 0.000000217. The van der Waals surface area contributed by atoms with Crippen molar-refractivity contribution in [1.29, 1.82) is 5.26 Å². The summed E-state index contributed by atoms with van der Waals surface area (Å²) in [6, 6.07) is 18.2. The number of aryl methyl sites for hydroxylation is 2. The normalized spacial score (nSPS) is 16.1. The molecule has 5 rings (SSSR count). The standard InChI is InChI=1S/C18H17F2N3S.2C7H8O3S/c19-15-3-4-17(13-5-7-22-8-6-13)23-18(15)24-11-14-2-1-12(10-21)9-16(14)20;2*1-6-2-4-7(5-3-6)11(8,9)10/h1-5,9,18,22-23H,6-8,11H2;2*2-5H,1H3,(H,8,9,10). The molecule has 4 N–H and O–H groups in total. The molecule has 1 atom stereocenters. The molecule has 1 unspecified atom stereocenters. The maximum absolute atomic E-state index is 14.1. The summed E-state index contributed by atoms with van der Waals surface area (Å²) in [5.41, 5.74) is 4.76. The summed E-state index contributed by atoms with van der Waals surface area (Å²) in [6.07, 6.45) is 6.23. The Bertz CT molecular complexity index is 1800. The lowest BCUT2D eigenvalue weighted by molar-refractivity contribution is 0.481. The lowest BCUT2D eigenvalue weighted by atomic mass is 10.0. The summed E-state index contributed by atoms with van der Waals surface area (Å²) in [7, 11) is -8.04. The Hall–Kier alpha value is -3.84. The highest BCUT2D eigenvalue weighted by Gasteiger charge is 2.22. The molecular formula is C32H33F2N3O6S3. The zero-order chi connectivity index (χ0) is 33.9. The number of halogens is 2. The lowest BCUT2D eigenvalue weighted by Gasteiger charge is -2.26. The van der Waals surface area contributed by atoms with Crippen LogP contribution in [0.15, 0.2) is 112 Å². The van der Waals surface area contributed by atoms with E-state index in [2.05, 4.69) is 16.7 Å². The van der Waals surface area contributed by atoms with Gasteiger partial charge in [-0.2, -0.15) is 22.1 Å². The quantitative estimate of drug-likeness (QED) is 0.227. The van der Waals surface area contributed by atoms with Crippen LogP contribution < -0.4 is 10.6 Å². The number of dihydropyridines is 1. The van der Waals surface area contributed by atoms with Gasteiger partial charge in [0, 0.05) is 18.0 Å². The van der Waals surface area contributed by atoms with E-state index in [1.165, 1.54) is 53.7 Å². The van der Waals surface area contributed by atoms with Gasteiger partial charge < -0.3 is 10.6 Å². The molecule has 0 saturated carbocycles. The molecule has 9 nitrogen and oxygen atoms in total. The number of allylic oxidation sites excluding steroid dienone is 3. The largest absolute Gasteiger partial charge is 0.367 e. The van der Waals surface area contributed by atoms with Crippen molar-refractivity contribution in [1.82, 2.24) is 10.6 Å². The molecular weight excluding hydrogens is 657 g/mol. The predicted octanol–water partition coefficient (Wildman–Crippen LogP) is 6.00. The van der Waals surface area contributed by atoms with E-state index >= 15 is 0 Å². The molecule has 0 spiro atoms. The third-order valence-corrected chi connectivity index (χ3v) is 9.47. The van der Waals surface area contributed by atoms with Crippen LogP contribution in [0.25, 0.3) is 0 Å². The van der Waals surface area contributed by atoms with E-state index in [0.29, 0.717) is 11.3 Å². The van der Waals surface area contributed by atoms with E-state index in [-0.39, 0.29) is 21.2 Å². The number of thioether (sulfide) groups is 1. The molecule has 0 saturated heterocycles. The van der Waals surface area contributed by atoms with Gasteiger partial charge in [-0.1, -0.05) is 47.5 Å². The third kappa shape index (κ3) is 11.5. The van der Waals surface area contributed by atoms with Gasteiger partial charge in [-0.15, -0.1) is 11.8 Å². The molecule has 46 heavy (non-hydrogen) atoms. The van der Waals surface area contributed by atoms with Gasteiger partial charge in [-0.05, 0) is 86.5 Å². The summed E-state index contributed by atoms with van der Waals surface area (Å²) >= 11 is 1.29. The highest BCUT2D eigenvalue weighted by atomic mass is 32.2. The van der Waals surface area contributed by atoms with Crippen LogP contribution in [0.3, 0.4) is 0 Å². The van der Waals surface area contributed by atoms with E-state index in [0.717, 1.165) is 36.3 Å². The number of hydrogen-bond acceptors (Lipinski definition) is 8. The fourth-order valence-corrected chi connectivity index (χ4v) is 6.01. The minimum absolute atomic E-state index is 0.0666. The van der Waals surface area contributed by atoms with E-state index in [1.54, 1.807) is 42.5 Å². The van der Waals surface area contributed by atoms with Gasteiger partial charge in [0.25, 0.3) is 20.2 Å². The molecule has 0 radical (unpaired) electrons. The molecule has 14 heteroatoms. The first-order valence-electron chi connectivity index (χ1n) is 13.8. The highest BCUT2D eigenvalue weighted by molar-refractivity contribution is 7.99. The first-order chi connectivity index (χ1) is 21.7. The zero-order valence-electron chi connectivity index (χ0n) is 24.9. The molecule has 2 aliphatic heterocycles. The Morgan fingerprint density at radius 2 is 1.46 bits per heavy atom. The molecule has 0 aromatic heterocycles. The fourth-order valence-electron chi connectivity index (χ4n) is 4.02. The molecule has 0 bridgehead atoms. The van der Waals surface area contributed by atoms with Crippen LogP contribution in [0.2, 0.25) is 0 Å².